The summed E-state index contributed by atoms with van der Waals surface area (Å²) in [5.41, 5.74) is 7.26. The maximum absolute atomic E-state index is 6.04. The lowest BCUT2D eigenvalue weighted by Crippen LogP contribution is -2.02. The third-order valence-corrected chi connectivity index (χ3v) is 5.26. The van der Waals surface area contributed by atoms with Gasteiger partial charge in [0, 0.05) is 38.8 Å². The predicted molar refractivity (Wildman–Crippen MR) is 126 cm³/mol. The quantitative estimate of drug-likeness (QED) is 0.261. The lowest BCUT2D eigenvalue weighted by atomic mass is 10.0. The van der Waals surface area contributed by atoms with Crippen molar-refractivity contribution in [2.24, 2.45) is 10.2 Å². The summed E-state index contributed by atoms with van der Waals surface area (Å²) in [6.45, 7) is 4.17. The molecule has 148 valence electrons. The maximum Gasteiger partial charge on any atom is 0.100 e. The van der Waals surface area contributed by atoms with Crippen LogP contribution in [-0.2, 0) is 0 Å². The zero-order chi connectivity index (χ0) is 20.9. The van der Waals surface area contributed by atoms with Crippen molar-refractivity contribution in [3.8, 4) is 5.69 Å². The zero-order valence-corrected chi connectivity index (χ0v) is 17.7. The molecule has 0 fully saturated rings. The van der Waals surface area contributed by atoms with E-state index in [4.69, 9.17) is 11.6 Å². The molecule has 1 heterocycles. The minimum Gasteiger partial charge on any atom is -0.318 e. The molecule has 0 aliphatic carbocycles. The molecule has 0 unspecified atom stereocenters. The van der Waals surface area contributed by atoms with Crippen molar-refractivity contribution < 1.29 is 0 Å². The number of hydrogen-bond acceptors (Lipinski definition) is 2. The summed E-state index contributed by atoms with van der Waals surface area (Å²) >= 11 is 6.04. The van der Waals surface area contributed by atoms with Gasteiger partial charge in [0.15, 0.2) is 0 Å². The van der Waals surface area contributed by atoms with Crippen molar-refractivity contribution in [1.82, 2.24) is 4.57 Å². The van der Waals surface area contributed by atoms with E-state index >= 15 is 0 Å². The highest BCUT2D eigenvalue weighted by Gasteiger charge is 2.10. The molecule has 30 heavy (non-hydrogen) atoms. The molecule has 4 heteroatoms. The van der Waals surface area contributed by atoms with E-state index < -0.39 is 0 Å². The van der Waals surface area contributed by atoms with Crippen LogP contribution in [0, 0.1) is 13.8 Å². The van der Waals surface area contributed by atoms with Crippen LogP contribution >= 0.6 is 11.6 Å². The van der Waals surface area contributed by atoms with Crippen molar-refractivity contribution in [3.05, 3.63) is 124 Å². The molecule has 0 amide bonds. The van der Waals surface area contributed by atoms with Crippen molar-refractivity contribution in [2.75, 3.05) is 0 Å². The van der Waals surface area contributed by atoms with E-state index in [0.29, 0.717) is 0 Å². The van der Waals surface area contributed by atoms with Crippen LogP contribution in [0.2, 0.25) is 5.02 Å². The summed E-state index contributed by atoms with van der Waals surface area (Å²) in [5.74, 6) is 0. The lowest BCUT2D eigenvalue weighted by molar-refractivity contribution is 0.965. The highest BCUT2D eigenvalue weighted by Crippen LogP contribution is 2.21. The Bertz CT molecular complexity index is 1150. The monoisotopic (exact) mass is 411 g/mol. The molecule has 3 nitrogen and oxygen atoms in total. The molecule has 1 aromatic heterocycles. The Morgan fingerprint density at radius 1 is 0.800 bits per heavy atom. The number of hydrogen-bond donors (Lipinski definition) is 0. The van der Waals surface area contributed by atoms with Gasteiger partial charge in [-0.3, -0.25) is 0 Å². The number of nitrogens with zero attached hydrogens (tertiary/aromatic N) is 3. The first-order valence-corrected chi connectivity index (χ1v) is 10.2. The second kappa shape index (κ2) is 8.93. The maximum atomic E-state index is 6.04. The minimum absolute atomic E-state index is 0.728. The van der Waals surface area contributed by atoms with Crippen LogP contribution in [0.1, 0.15) is 28.1 Å². The van der Waals surface area contributed by atoms with Gasteiger partial charge in [-0.05, 0) is 44.2 Å². The van der Waals surface area contributed by atoms with E-state index in [0.717, 1.165) is 44.5 Å². The van der Waals surface area contributed by atoms with Gasteiger partial charge in [-0.1, -0.05) is 72.3 Å². The molecule has 0 aliphatic rings. The molecule has 0 N–H and O–H groups in total. The third-order valence-electron chi connectivity index (χ3n) is 5.00. The van der Waals surface area contributed by atoms with Gasteiger partial charge in [-0.15, -0.1) is 5.10 Å². The highest BCUT2D eigenvalue weighted by molar-refractivity contribution is 6.30. The van der Waals surface area contributed by atoms with Crippen LogP contribution in [0.3, 0.4) is 0 Å². The molecule has 0 aliphatic heterocycles. The highest BCUT2D eigenvalue weighted by atomic mass is 35.5. The number of aromatic nitrogens is 1. The van der Waals surface area contributed by atoms with Gasteiger partial charge in [-0.25, -0.2) is 0 Å². The predicted octanol–water partition coefficient (Wildman–Crippen LogP) is 6.62. The van der Waals surface area contributed by atoms with Gasteiger partial charge < -0.3 is 4.57 Å². The fourth-order valence-corrected chi connectivity index (χ4v) is 3.65. The number of benzene rings is 3. The molecule has 0 bridgehead atoms. The van der Waals surface area contributed by atoms with Crippen molar-refractivity contribution in [2.45, 2.75) is 13.8 Å². The molecule has 0 spiro atoms. The van der Waals surface area contributed by atoms with Crippen molar-refractivity contribution in [1.29, 1.82) is 0 Å². The molecular weight excluding hydrogens is 390 g/mol. The Balaban J connectivity index is 1.69. The number of halogens is 1. The first-order valence-electron chi connectivity index (χ1n) is 9.80. The normalized spacial score (nSPS) is 11.0. The van der Waals surface area contributed by atoms with E-state index in [1.54, 1.807) is 0 Å². The zero-order valence-electron chi connectivity index (χ0n) is 17.0. The van der Waals surface area contributed by atoms with E-state index in [-0.39, 0.29) is 0 Å². The van der Waals surface area contributed by atoms with Gasteiger partial charge in [0.25, 0.3) is 0 Å². The van der Waals surface area contributed by atoms with Crippen LogP contribution in [0.25, 0.3) is 5.69 Å². The van der Waals surface area contributed by atoms with Crippen LogP contribution in [0.5, 0.6) is 0 Å². The fourth-order valence-electron chi connectivity index (χ4n) is 3.53. The lowest BCUT2D eigenvalue weighted by Gasteiger charge is -2.09. The third kappa shape index (κ3) is 4.27. The Labute approximate surface area is 182 Å². The van der Waals surface area contributed by atoms with Crippen LogP contribution in [0.15, 0.2) is 101 Å². The summed E-state index contributed by atoms with van der Waals surface area (Å²) in [6, 6.07) is 30.2. The average Bonchev–Trinajstić information content (AvgIpc) is 3.06. The summed E-state index contributed by atoms with van der Waals surface area (Å²) in [4.78, 5) is 0. The summed E-state index contributed by atoms with van der Waals surface area (Å²) < 4.78 is 2.19. The molecule has 0 radical (unpaired) electrons. The largest absolute Gasteiger partial charge is 0.318 e. The number of rotatable bonds is 5. The van der Waals surface area contributed by atoms with E-state index in [1.807, 2.05) is 91.1 Å². The Morgan fingerprint density at radius 2 is 1.37 bits per heavy atom. The minimum atomic E-state index is 0.728. The van der Waals surface area contributed by atoms with Crippen LogP contribution in [-0.4, -0.2) is 16.5 Å². The Morgan fingerprint density at radius 3 is 1.93 bits per heavy atom. The average molecular weight is 412 g/mol. The van der Waals surface area contributed by atoms with Gasteiger partial charge in [0.2, 0.25) is 0 Å². The van der Waals surface area contributed by atoms with Gasteiger partial charge in [0.1, 0.15) is 5.71 Å². The second-order valence-corrected chi connectivity index (χ2v) is 7.50. The first kappa shape index (κ1) is 19.9. The summed E-state index contributed by atoms with van der Waals surface area (Å²) in [6.07, 6.45) is 1.82. The molecule has 0 atom stereocenters. The van der Waals surface area contributed by atoms with E-state index in [1.165, 1.54) is 0 Å². The smallest absolute Gasteiger partial charge is 0.100 e. The molecule has 3 aromatic carbocycles. The van der Waals surface area contributed by atoms with E-state index in [2.05, 4.69) is 34.7 Å². The molecule has 0 saturated heterocycles. The molecular formula is C26H22ClN3. The SMILES string of the molecule is Cc1cc(/C=N/N=C(c2ccccc2)c2ccccc2)c(C)n1-c1ccc(Cl)cc1. The molecule has 4 rings (SSSR count). The topological polar surface area (TPSA) is 29.6 Å². The standard InChI is InChI=1S/C26H22ClN3/c1-19-17-23(20(2)30(19)25-15-13-24(27)14-16-25)18-28-29-26(21-9-5-3-6-10-21)22-11-7-4-8-12-22/h3-18H,1-2H3/b28-18+. The van der Waals surface area contributed by atoms with E-state index in [9.17, 15) is 0 Å². The summed E-state index contributed by atoms with van der Waals surface area (Å²) in [7, 11) is 0. The fraction of sp³-hybridized carbons (Fsp3) is 0.0769. The van der Waals surface area contributed by atoms with Crippen LogP contribution < -0.4 is 0 Å². The van der Waals surface area contributed by atoms with Crippen molar-refractivity contribution in [3.63, 3.8) is 0 Å². The summed E-state index contributed by atoms with van der Waals surface area (Å²) in [5, 5.41) is 9.76. The number of aryl methyl sites for hydroxylation is 1. The van der Waals surface area contributed by atoms with Crippen LogP contribution in [0.4, 0.5) is 0 Å². The molecule has 0 saturated carbocycles. The van der Waals surface area contributed by atoms with Gasteiger partial charge in [0.05, 0.1) is 6.21 Å². The Hall–Kier alpha value is -3.43. The van der Waals surface area contributed by atoms with Gasteiger partial charge in [-0.2, -0.15) is 5.10 Å². The first-order chi connectivity index (χ1) is 14.6. The van der Waals surface area contributed by atoms with Gasteiger partial charge >= 0.3 is 0 Å². The van der Waals surface area contributed by atoms with Crippen molar-refractivity contribution >= 4 is 23.5 Å². The molecule has 4 aromatic rings. The Kier molecular flexibility index (Phi) is 5.92. The second-order valence-electron chi connectivity index (χ2n) is 7.06.